The molecule has 0 unspecified atom stereocenters. The lowest BCUT2D eigenvalue weighted by atomic mass is 9.97. The number of halogens is 2. The number of ether oxygens (including phenoxy) is 2. The number of anilines is 1. The average Bonchev–Trinajstić information content (AvgIpc) is 3.57. The van der Waals surface area contributed by atoms with E-state index in [1.54, 1.807) is 12.1 Å². The molecule has 1 amide bonds. The van der Waals surface area contributed by atoms with Crippen LogP contribution in [0.4, 0.5) is 5.69 Å². The summed E-state index contributed by atoms with van der Waals surface area (Å²) >= 11 is 13.5. The van der Waals surface area contributed by atoms with E-state index in [-0.39, 0.29) is 12.5 Å². The molecule has 274 valence electrons. The van der Waals surface area contributed by atoms with E-state index in [2.05, 4.69) is 14.5 Å². The summed E-state index contributed by atoms with van der Waals surface area (Å²) in [6.07, 6.45) is 3.81. The highest BCUT2D eigenvalue weighted by Gasteiger charge is 2.33. The zero-order valence-electron chi connectivity index (χ0n) is 30.6. The minimum absolute atomic E-state index is 0.142. The van der Waals surface area contributed by atoms with Crippen molar-refractivity contribution in [2.24, 2.45) is 7.05 Å². The van der Waals surface area contributed by atoms with Crippen molar-refractivity contribution >= 4 is 62.6 Å². The van der Waals surface area contributed by atoms with Crippen LogP contribution in [0.25, 0.3) is 32.9 Å². The minimum atomic E-state index is -0.441. The van der Waals surface area contributed by atoms with Gasteiger partial charge in [-0.3, -0.25) is 4.79 Å². The van der Waals surface area contributed by atoms with Gasteiger partial charge in [-0.25, -0.2) is 14.8 Å². The summed E-state index contributed by atoms with van der Waals surface area (Å²) in [5.41, 5.74) is 9.18. The number of fused-ring (bicyclic) bond motifs is 4. The number of benzene rings is 3. The first-order valence-corrected chi connectivity index (χ1v) is 18.4. The molecule has 0 saturated carbocycles. The van der Waals surface area contributed by atoms with Gasteiger partial charge in [-0.15, -0.1) is 0 Å². The van der Waals surface area contributed by atoms with Crippen LogP contribution in [0, 0.1) is 27.7 Å². The fourth-order valence-electron chi connectivity index (χ4n) is 7.78. The number of nitrogens with zero attached hydrogens (tertiary/aromatic N) is 5. The lowest BCUT2D eigenvalue weighted by Gasteiger charge is -2.20. The predicted molar refractivity (Wildman–Crippen MR) is 209 cm³/mol. The Balaban J connectivity index is 1.38. The number of aliphatic hydroxyl groups excluding tert-OH is 1. The lowest BCUT2D eigenvalue weighted by molar-refractivity contribution is 0.0600. The zero-order chi connectivity index (χ0) is 37.7. The monoisotopic (exact) mass is 753 g/mol. The molecule has 3 aromatic carbocycles. The highest BCUT2D eigenvalue weighted by Crippen LogP contribution is 2.43. The van der Waals surface area contributed by atoms with Gasteiger partial charge < -0.3 is 28.6 Å². The van der Waals surface area contributed by atoms with Crippen molar-refractivity contribution in [1.29, 1.82) is 0 Å². The molecule has 0 bridgehead atoms. The van der Waals surface area contributed by atoms with E-state index in [0.29, 0.717) is 72.5 Å². The number of amides is 1. The summed E-state index contributed by atoms with van der Waals surface area (Å²) < 4.78 is 15.3. The molecule has 10 nitrogen and oxygen atoms in total. The number of rotatable bonds is 9. The van der Waals surface area contributed by atoms with Crippen LogP contribution in [-0.4, -0.2) is 56.3 Å². The van der Waals surface area contributed by atoms with Gasteiger partial charge in [0.05, 0.1) is 35.5 Å². The van der Waals surface area contributed by atoms with Gasteiger partial charge in [-0.05, 0) is 100 Å². The van der Waals surface area contributed by atoms with E-state index in [4.69, 9.17) is 32.7 Å². The second-order valence-corrected chi connectivity index (χ2v) is 14.4. The van der Waals surface area contributed by atoms with Crippen LogP contribution in [0.1, 0.15) is 67.6 Å². The van der Waals surface area contributed by atoms with Crippen molar-refractivity contribution in [3.8, 4) is 16.9 Å². The first-order chi connectivity index (χ1) is 25.4. The van der Waals surface area contributed by atoms with Crippen LogP contribution < -0.4 is 9.64 Å². The highest BCUT2D eigenvalue weighted by molar-refractivity contribution is 6.35. The molecular weight excluding hydrogens is 713 g/mol. The highest BCUT2D eigenvalue weighted by atomic mass is 35.5. The van der Waals surface area contributed by atoms with Gasteiger partial charge in [0, 0.05) is 70.2 Å². The van der Waals surface area contributed by atoms with Crippen LogP contribution in [0.5, 0.6) is 5.75 Å². The molecule has 0 saturated heterocycles. The van der Waals surface area contributed by atoms with Crippen LogP contribution in [-0.2, 0) is 31.4 Å². The van der Waals surface area contributed by atoms with E-state index in [1.165, 1.54) is 7.11 Å². The van der Waals surface area contributed by atoms with Gasteiger partial charge in [0.2, 0.25) is 0 Å². The van der Waals surface area contributed by atoms with Crippen LogP contribution in [0.2, 0.25) is 10.0 Å². The number of hydrogen-bond donors (Lipinski definition) is 1. The van der Waals surface area contributed by atoms with Gasteiger partial charge in [-0.1, -0.05) is 29.3 Å². The van der Waals surface area contributed by atoms with Crippen molar-refractivity contribution in [1.82, 2.24) is 19.1 Å². The maximum atomic E-state index is 15.1. The Morgan fingerprint density at radius 3 is 2.34 bits per heavy atom. The van der Waals surface area contributed by atoms with E-state index in [9.17, 15) is 9.90 Å². The number of aromatic nitrogens is 4. The quantitative estimate of drug-likeness (QED) is 0.116. The number of carbonyl (C=O) groups excluding carboxylic acids is 2. The largest absolute Gasteiger partial charge is 0.494 e. The third-order valence-electron chi connectivity index (χ3n) is 10.1. The maximum Gasteiger partial charge on any atom is 0.337 e. The van der Waals surface area contributed by atoms with Gasteiger partial charge in [0.1, 0.15) is 18.1 Å². The van der Waals surface area contributed by atoms with Crippen molar-refractivity contribution in [3.63, 3.8) is 0 Å². The number of esters is 1. The molecule has 6 aromatic rings. The number of aryl methyl sites for hydroxylation is 7. The summed E-state index contributed by atoms with van der Waals surface area (Å²) in [4.78, 5) is 38.7. The van der Waals surface area contributed by atoms with Crippen LogP contribution in [0.15, 0.2) is 48.7 Å². The number of aliphatic hydroxyl groups is 1. The second-order valence-electron chi connectivity index (χ2n) is 13.6. The summed E-state index contributed by atoms with van der Waals surface area (Å²) in [6, 6.07) is 13.2. The normalized spacial score (nSPS) is 13.2. The number of carbonyl (C=O) groups is 2. The molecule has 0 spiro atoms. The molecule has 1 aliphatic heterocycles. The van der Waals surface area contributed by atoms with E-state index >= 15 is 4.79 Å². The summed E-state index contributed by atoms with van der Waals surface area (Å²) in [5.74, 6) is 0.505. The zero-order valence-corrected chi connectivity index (χ0v) is 32.2. The predicted octanol–water partition coefficient (Wildman–Crippen LogP) is 8.47. The standard InChI is InChI=1S/C41H41Cl2N5O5/c1-22-17-27(18-23(2)37(22)43)53-16-7-9-28-29-11-12-31(42)36(35-24(3)44-34(21-49)45-25(35)4)38(29)48-15-8-14-47(40(50)39(28)48)33-20-46(5)32-13-10-26(19-30(32)33)41(51)52-6/h10-13,17-20,49H,7-9,14-16,21H2,1-6H3. The molecule has 7 rings (SSSR count). The van der Waals surface area contributed by atoms with E-state index in [0.717, 1.165) is 66.1 Å². The fourth-order valence-corrected chi connectivity index (χ4v) is 8.13. The van der Waals surface area contributed by atoms with Gasteiger partial charge >= 0.3 is 5.97 Å². The Morgan fingerprint density at radius 2 is 1.66 bits per heavy atom. The molecule has 4 heterocycles. The smallest absolute Gasteiger partial charge is 0.337 e. The molecule has 0 fully saturated rings. The molecule has 0 atom stereocenters. The topological polar surface area (TPSA) is 112 Å². The van der Waals surface area contributed by atoms with Gasteiger partial charge in [0.15, 0.2) is 5.82 Å². The molecule has 1 aliphatic rings. The van der Waals surface area contributed by atoms with Crippen molar-refractivity contribution in [3.05, 3.63) is 104 Å². The Bertz CT molecular complexity index is 2400. The Kier molecular flexibility index (Phi) is 9.97. The van der Waals surface area contributed by atoms with Crippen LogP contribution in [0.3, 0.4) is 0 Å². The summed E-state index contributed by atoms with van der Waals surface area (Å²) in [6.45, 7) is 8.88. The Labute approximate surface area is 317 Å². The average molecular weight is 755 g/mol. The maximum absolute atomic E-state index is 15.1. The molecule has 3 aromatic heterocycles. The fraction of sp³-hybridized carbons (Fsp3) is 0.317. The first kappa shape index (κ1) is 36.5. The molecule has 0 radical (unpaired) electrons. The Morgan fingerprint density at radius 1 is 0.943 bits per heavy atom. The van der Waals surface area contributed by atoms with E-state index < -0.39 is 5.97 Å². The molecule has 53 heavy (non-hydrogen) atoms. The molecule has 1 N–H and O–H groups in total. The Hall–Kier alpha value is -4.90. The summed E-state index contributed by atoms with van der Waals surface area (Å²) in [5, 5.41) is 12.8. The molecule has 0 aliphatic carbocycles. The SMILES string of the molecule is COC(=O)c1ccc2c(c1)c(N1CCCn3c(c(CCCOc4cc(C)c(Cl)c(C)c4)c4ccc(Cl)c(-c5c(C)nc(CO)nc5C)c43)C1=O)cn2C. The lowest BCUT2D eigenvalue weighted by Crippen LogP contribution is -2.31. The molecule has 12 heteroatoms. The number of methoxy groups -OCH3 is 1. The minimum Gasteiger partial charge on any atom is -0.494 e. The first-order valence-electron chi connectivity index (χ1n) is 17.6. The third kappa shape index (κ3) is 6.43. The summed E-state index contributed by atoms with van der Waals surface area (Å²) in [7, 11) is 3.29. The molecular formula is C41H41Cl2N5O5. The van der Waals surface area contributed by atoms with E-state index in [1.807, 2.05) is 80.7 Å². The third-order valence-corrected chi connectivity index (χ3v) is 11.0. The number of hydrogen-bond acceptors (Lipinski definition) is 7. The van der Waals surface area contributed by atoms with Crippen molar-refractivity contribution in [2.75, 3.05) is 25.2 Å². The van der Waals surface area contributed by atoms with Crippen LogP contribution >= 0.6 is 23.2 Å². The van der Waals surface area contributed by atoms with Gasteiger partial charge in [-0.2, -0.15) is 0 Å². The van der Waals surface area contributed by atoms with Crippen molar-refractivity contribution in [2.45, 2.75) is 60.1 Å². The van der Waals surface area contributed by atoms with Gasteiger partial charge in [0.25, 0.3) is 5.91 Å². The van der Waals surface area contributed by atoms with Crippen molar-refractivity contribution < 1.29 is 24.2 Å². The second kappa shape index (κ2) is 14.5.